The average Bonchev–Trinajstić information content (AvgIpc) is 2.52. The summed E-state index contributed by atoms with van der Waals surface area (Å²) in [5, 5.41) is 0. The first-order chi connectivity index (χ1) is 11.6. The third-order valence-electron chi connectivity index (χ3n) is 3.26. The van der Waals surface area contributed by atoms with Crippen LogP contribution in [0, 0.1) is 18.4 Å². The lowest BCUT2D eigenvalue weighted by atomic mass is 10.2. The zero-order valence-electron chi connectivity index (χ0n) is 15.1. The van der Waals surface area contributed by atoms with Gasteiger partial charge < -0.3 is 8.92 Å². The topological polar surface area (TPSA) is 52.6 Å². The largest absolute Gasteiger partial charge is 0.495 e. The number of methoxy groups -OCH3 is 1. The van der Waals surface area contributed by atoms with E-state index < -0.39 is 18.2 Å². The van der Waals surface area contributed by atoms with Crippen LogP contribution in [-0.4, -0.2) is 23.6 Å². The highest BCUT2D eigenvalue weighted by molar-refractivity contribution is 7.87. The summed E-state index contributed by atoms with van der Waals surface area (Å²) in [6.07, 6.45) is 0. The molecule has 0 saturated heterocycles. The molecular formula is C19H22O4SSi. The van der Waals surface area contributed by atoms with Gasteiger partial charge in [0.1, 0.15) is 24.5 Å². The van der Waals surface area contributed by atoms with E-state index >= 15 is 0 Å². The molecule has 0 aliphatic rings. The van der Waals surface area contributed by atoms with E-state index in [0.717, 1.165) is 5.56 Å². The predicted octanol–water partition coefficient (Wildman–Crippen LogP) is 4.00. The Kier molecular flexibility index (Phi) is 5.61. The van der Waals surface area contributed by atoms with Gasteiger partial charge in [-0.25, -0.2) is 0 Å². The summed E-state index contributed by atoms with van der Waals surface area (Å²) in [6, 6.07) is 11.3. The van der Waals surface area contributed by atoms with Gasteiger partial charge in [0, 0.05) is 6.07 Å². The minimum Gasteiger partial charge on any atom is -0.495 e. The molecule has 6 heteroatoms. The molecule has 0 fully saturated rings. The summed E-state index contributed by atoms with van der Waals surface area (Å²) in [7, 11) is -3.89. The fourth-order valence-corrected chi connectivity index (χ4v) is 3.39. The summed E-state index contributed by atoms with van der Waals surface area (Å²) in [6.45, 7) is 8.34. The maximum absolute atomic E-state index is 12.4. The molecule has 0 radical (unpaired) electrons. The Morgan fingerprint density at radius 3 is 2.20 bits per heavy atom. The number of aryl methyl sites for hydroxylation is 1. The lowest BCUT2D eigenvalue weighted by Gasteiger charge is -2.10. The molecular weight excluding hydrogens is 352 g/mol. The molecule has 0 spiro atoms. The number of hydrogen-bond acceptors (Lipinski definition) is 4. The van der Waals surface area contributed by atoms with Gasteiger partial charge in [-0.1, -0.05) is 43.3 Å². The van der Waals surface area contributed by atoms with Gasteiger partial charge in [-0.2, -0.15) is 8.42 Å². The Labute approximate surface area is 150 Å². The van der Waals surface area contributed by atoms with Crippen molar-refractivity contribution in [2.75, 3.05) is 7.11 Å². The highest BCUT2D eigenvalue weighted by Gasteiger charge is 2.17. The van der Waals surface area contributed by atoms with Crippen molar-refractivity contribution in [3.8, 4) is 23.0 Å². The minimum absolute atomic E-state index is 0.111. The Morgan fingerprint density at radius 1 is 1.00 bits per heavy atom. The van der Waals surface area contributed by atoms with Crippen molar-refractivity contribution in [3.63, 3.8) is 0 Å². The molecule has 4 nitrogen and oxygen atoms in total. The number of rotatable bonds is 4. The maximum atomic E-state index is 12.4. The lowest BCUT2D eigenvalue weighted by molar-refractivity contribution is 0.410. The van der Waals surface area contributed by atoms with Crippen molar-refractivity contribution in [3.05, 3.63) is 53.6 Å². The van der Waals surface area contributed by atoms with E-state index in [1.807, 2.05) is 6.92 Å². The van der Waals surface area contributed by atoms with Gasteiger partial charge in [0.05, 0.1) is 12.7 Å². The van der Waals surface area contributed by atoms with E-state index in [2.05, 4.69) is 31.1 Å². The maximum Gasteiger partial charge on any atom is 0.339 e. The molecule has 0 saturated carbocycles. The quantitative estimate of drug-likeness (QED) is 0.461. The van der Waals surface area contributed by atoms with E-state index in [9.17, 15) is 8.42 Å². The van der Waals surface area contributed by atoms with Crippen LogP contribution in [0.1, 0.15) is 11.1 Å². The molecule has 0 aliphatic heterocycles. The van der Waals surface area contributed by atoms with Gasteiger partial charge in [0.2, 0.25) is 0 Å². The highest BCUT2D eigenvalue weighted by atomic mass is 32.2. The first-order valence-corrected chi connectivity index (χ1v) is 12.7. The Balaban J connectivity index is 2.31. The number of hydrogen-bond donors (Lipinski definition) is 0. The average molecular weight is 375 g/mol. The van der Waals surface area contributed by atoms with Crippen LogP contribution in [0.3, 0.4) is 0 Å². The second-order valence-corrected chi connectivity index (χ2v) is 13.0. The summed E-state index contributed by atoms with van der Waals surface area (Å²) in [5.74, 6) is 3.79. The molecule has 25 heavy (non-hydrogen) atoms. The molecule has 2 aromatic rings. The standard InChI is InChI=1S/C19H22O4SSi/c1-15-6-10-18(11-7-15)24(20,21)23-17-9-8-16(19(14-17)22-2)12-13-25(3,4)5/h6-11,14H,1-5H3. The van der Waals surface area contributed by atoms with Crippen molar-refractivity contribution in [1.29, 1.82) is 0 Å². The van der Waals surface area contributed by atoms with E-state index in [4.69, 9.17) is 8.92 Å². The summed E-state index contributed by atoms with van der Waals surface area (Å²) >= 11 is 0. The zero-order valence-corrected chi connectivity index (χ0v) is 16.9. The van der Waals surface area contributed by atoms with E-state index in [0.29, 0.717) is 11.3 Å². The second-order valence-electron chi connectivity index (χ2n) is 6.71. The third-order valence-corrected chi connectivity index (χ3v) is 5.40. The van der Waals surface area contributed by atoms with Crippen LogP contribution >= 0.6 is 0 Å². The molecule has 0 N–H and O–H groups in total. The molecule has 0 aromatic heterocycles. The van der Waals surface area contributed by atoms with Crippen molar-refractivity contribution in [1.82, 2.24) is 0 Å². The van der Waals surface area contributed by atoms with Gasteiger partial charge in [-0.15, -0.1) is 5.54 Å². The molecule has 0 unspecified atom stereocenters. The van der Waals surface area contributed by atoms with E-state index in [1.54, 1.807) is 30.3 Å². The van der Waals surface area contributed by atoms with Crippen LogP contribution in [0.25, 0.3) is 0 Å². The summed E-state index contributed by atoms with van der Waals surface area (Å²) in [4.78, 5) is 0.111. The van der Waals surface area contributed by atoms with Gasteiger partial charge >= 0.3 is 10.1 Å². The van der Waals surface area contributed by atoms with Gasteiger partial charge in [-0.05, 0) is 31.2 Å². The molecule has 2 rings (SSSR count). The van der Waals surface area contributed by atoms with Crippen LogP contribution in [0.2, 0.25) is 19.6 Å². The van der Waals surface area contributed by atoms with E-state index in [1.165, 1.54) is 19.2 Å². The van der Waals surface area contributed by atoms with Crippen LogP contribution in [0.15, 0.2) is 47.4 Å². The first kappa shape index (κ1) is 19.1. The molecule has 0 aliphatic carbocycles. The SMILES string of the molecule is COc1cc(OS(=O)(=O)c2ccc(C)cc2)ccc1C#C[Si](C)(C)C. The number of benzene rings is 2. The fourth-order valence-electron chi connectivity index (χ4n) is 1.96. The highest BCUT2D eigenvalue weighted by Crippen LogP contribution is 2.26. The minimum atomic E-state index is -3.89. The lowest BCUT2D eigenvalue weighted by Crippen LogP contribution is -2.16. The van der Waals surface area contributed by atoms with Crippen LogP contribution < -0.4 is 8.92 Å². The van der Waals surface area contributed by atoms with Gasteiger partial charge in [0.25, 0.3) is 0 Å². The normalized spacial score (nSPS) is 11.4. The summed E-state index contributed by atoms with van der Waals surface area (Å²) < 4.78 is 35.3. The molecule has 0 atom stereocenters. The Hall–Kier alpha value is -2.23. The zero-order chi connectivity index (χ0) is 18.7. The van der Waals surface area contributed by atoms with Gasteiger partial charge in [-0.3, -0.25) is 0 Å². The number of ether oxygens (including phenoxy) is 1. The van der Waals surface area contributed by atoms with Gasteiger partial charge in [0.15, 0.2) is 0 Å². The van der Waals surface area contributed by atoms with E-state index in [-0.39, 0.29) is 10.6 Å². The van der Waals surface area contributed by atoms with Crippen LogP contribution in [-0.2, 0) is 10.1 Å². The molecule has 0 bridgehead atoms. The van der Waals surface area contributed by atoms with Crippen molar-refractivity contribution >= 4 is 18.2 Å². The van der Waals surface area contributed by atoms with Crippen LogP contribution in [0.4, 0.5) is 0 Å². The molecule has 2 aromatic carbocycles. The molecule has 0 amide bonds. The summed E-state index contributed by atoms with van der Waals surface area (Å²) in [5.41, 5.74) is 4.95. The Bertz CT molecular complexity index is 915. The van der Waals surface area contributed by atoms with Crippen molar-refractivity contribution in [2.24, 2.45) is 0 Å². The molecule has 132 valence electrons. The third kappa shape index (κ3) is 5.38. The van der Waals surface area contributed by atoms with Crippen LogP contribution in [0.5, 0.6) is 11.5 Å². The van der Waals surface area contributed by atoms with Crippen molar-refractivity contribution in [2.45, 2.75) is 31.5 Å². The fraction of sp³-hybridized carbons (Fsp3) is 0.263. The Morgan fingerprint density at radius 2 is 1.64 bits per heavy atom. The van der Waals surface area contributed by atoms with Crippen molar-refractivity contribution < 1.29 is 17.3 Å². The first-order valence-electron chi connectivity index (χ1n) is 7.83. The smallest absolute Gasteiger partial charge is 0.339 e. The predicted molar refractivity (Wildman–Crippen MR) is 102 cm³/mol. The second kappa shape index (κ2) is 7.34. The molecule has 0 heterocycles. The monoisotopic (exact) mass is 374 g/mol.